The normalized spacial score (nSPS) is 30.4. The molecule has 0 spiro atoms. The average Bonchev–Trinajstić information content (AvgIpc) is 2.30. The second kappa shape index (κ2) is 4.90. The van der Waals surface area contributed by atoms with Gasteiger partial charge in [0.1, 0.15) is 0 Å². The van der Waals surface area contributed by atoms with Gasteiger partial charge >= 0.3 is 0 Å². The lowest BCUT2D eigenvalue weighted by Gasteiger charge is -2.46. The fourth-order valence-electron chi connectivity index (χ4n) is 2.41. The Morgan fingerprint density at radius 3 is 2.53 bits per heavy atom. The van der Waals surface area contributed by atoms with E-state index in [0.29, 0.717) is 22.2 Å². The third-order valence-corrected chi connectivity index (χ3v) is 4.37. The van der Waals surface area contributed by atoms with Crippen LogP contribution in [0.1, 0.15) is 31.9 Å². The van der Waals surface area contributed by atoms with Gasteiger partial charge in [0.25, 0.3) is 0 Å². The number of ether oxygens (including phenoxy) is 1. The minimum atomic E-state index is -1.39. The molecule has 2 atom stereocenters. The minimum absolute atomic E-state index is 0.170. The third-order valence-electron chi connectivity index (χ3n) is 3.47. The first kappa shape index (κ1) is 15.1. The molecule has 1 saturated heterocycles. The Kier molecular flexibility index (Phi) is 3.89. The zero-order chi connectivity index (χ0) is 14.4. The summed E-state index contributed by atoms with van der Waals surface area (Å²) in [7, 11) is 0. The average molecular weight is 304 g/mol. The van der Waals surface area contributed by atoms with Crippen LogP contribution in [0.2, 0.25) is 10.0 Å². The molecule has 0 aromatic heterocycles. The van der Waals surface area contributed by atoms with Gasteiger partial charge in [-0.25, -0.2) is 0 Å². The van der Waals surface area contributed by atoms with Crippen LogP contribution in [-0.2, 0) is 10.5 Å². The number of morpholine rings is 1. The maximum absolute atomic E-state index is 10.8. The molecule has 2 N–H and O–H groups in total. The summed E-state index contributed by atoms with van der Waals surface area (Å²) < 4.78 is 5.72. The summed E-state index contributed by atoms with van der Waals surface area (Å²) in [6, 6.07) is 3.21. The number of benzene rings is 1. The molecule has 0 radical (unpaired) electrons. The van der Waals surface area contributed by atoms with Gasteiger partial charge in [-0.05, 0) is 45.4 Å². The van der Waals surface area contributed by atoms with E-state index in [1.165, 1.54) is 0 Å². The Labute approximate surface area is 123 Å². The summed E-state index contributed by atoms with van der Waals surface area (Å²) in [5.41, 5.74) is 1.27. The quantitative estimate of drug-likeness (QED) is 0.837. The summed E-state index contributed by atoms with van der Waals surface area (Å²) in [5, 5.41) is 15.1. The molecule has 0 bridgehead atoms. The lowest BCUT2D eigenvalue weighted by Crippen LogP contribution is -2.63. The van der Waals surface area contributed by atoms with Gasteiger partial charge in [0.15, 0.2) is 0 Å². The maximum atomic E-state index is 10.8. The van der Waals surface area contributed by atoms with Gasteiger partial charge in [0.2, 0.25) is 5.79 Å². The zero-order valence-corrected chi connectivity index (χ0v) is 13.1. The largest absolute Gasteiger partial charge is 0.361 e. The molecule has 1 aliphatic heterocycles. The van der Waals surface area contributed by atoms with Crippen molar-refractivity contribution >= 4 is 23.2 Å². The fraction of sp³-hybridized carbons (Fsp3) is 0.571. The monoisotopic (exact) mass is 303 g/mol. The van der Waals surface area contributed by atoms with Crippen molar-refractivity contribution in [3.63, 3.8) is 0 Å². The molecule has 2 unspecified atom stereocenters. The molecule has 5 heteroatoms. The van der Waals surface area contributed by atoms with Crippen LogP contribution < -0.4 is 5.32 Å². The molecule has 3 nitrogen and oxygen atoms in total. The highest BCUT2D eigenvalue weighted by molar-refractivity contribution is 6.42. The van der Waals surface area contributed by atoms with E-state index in [1.807, 2.05) is 33.8 Å². The number of halogens is 2. The van der Waals surface area contributed by atoms with E-state index >= 15 is 0 Å². The second-order valence-corrected chi connectivity index (χ2v) is 6.61. The molecule has 1 fully saturated rings. The van der Waals surface area contributed by atoms with Gasteiger partial charge in [-0.3, -0.25) is 0 Å². The zero-order valence-electron chi connectivity index (χ0n) is 11.6. The van der Waals surface area contributed by atoms with E-state index in [4.69, 9.17) is 27.9 Å². The molecular formula is C14H19Cl2NO2. The van der Waals surface area contributed by atoms with Crippen molar-refractivity contribution in [2.75, 3.05) is 6.61 Å². The van der Waals surface area contributed by atoms with E-state index in [2.05, 4.69) is 5.32 Å². The van der Waals surface area contributed by atoms with Crippen LogP contribution in [0.15, 0.2) is 12.1 Å². The second-order valence-electron chi connectivity index (χ2n) is 5.82. The molecule has 1 aliphatic rings. The highest BCUT2D eigenvalue weighted by Crippen LogP contribution is 2.37. The number of hydrogen-bond donors (Lipinski definition) is 2. The van der Waals surface area contributed by atoms with E-state index in [0.717, 1.165) is 5.56 Å². The van der Waals surface area contributed by atoms with Crippen molar-refractivity contribution in [3.8, 4) is 0 Å². The summed E-state index contributed by atoms with van der Waals surface area (Å²) in [5.74, 6) is -1.39. The highest BCUT2D eigenvalue weighted by atomic mass is 35.5. The van der Waals surface area contributed by atoms with E-state index in [1.54, 1.807) is 6.07 Å². The van der Waals surface area contributed by atoms with Crippen LogP contribution in [0.4, 0.5) is 0 Å². The topological polar surface area (TPSA) is 41.5 Å². The lowest BCUT2D eigenvalue weighted by atomic mass is 9.92. The van der Waals surface area contributed by atoms with Crippen LogP contribution in [0, 0.1) is 6.92 Å². The smallest absolute Gasteiger partial charge is 0.208 e. The number of aliphatic hydroxyl groups is 1. The molecule has 106 valence electrons. The molecular weight excluding hydrogens is 285 g/mol. The molecule has 1 aromatic rings. The first-order chi connectivity index (χ1) is 8.66. The van der Waals surface area contributed by atoms with Crippen LogP contribution in [0.25, 0.3) is 0 Å². The number of rotatable bonds is 1. The Morgan fingerprint density at radius 1 is 1.37 bits per heavy atom. The van der Waals surface area contributed by atoms with E-state index in [9.17, 15) is 5.11 Å². The van der Waals surface area contributed by atoms with Gasteiger partial charge in [-0.15, -0.1) is 0 Å². The molecule has 0 amide bonds. The van der Waals surface area contributed by atoms with Gasteiger partial charge < -0.3 is 15.2 Å². The van der Waals surface area contributed by atoms with Crippen LogP contribution >= 0.6 is 23.2 Å². The summed E-state index contributed by atoms with van der Waals surface area (Å²) in [6.45, 7) is 8.21. The minimum Gasteiger partial charge on any atom is -0.361 e. The van der Waals surface area contributed by atoms with Crippen LogP contribution in [0.5, 0.6) is 0 Å². The molecule has 0 aliphatic carbocycles. The van der Waals surface area contributed by atoms with Crippen LogP contribution in [0.3, 0.4) is 0 Å². The number of nitrogens with one attached hydrogen (secondary N) is 1. The molecule has 1 aromatic carbocycles. The lowest BCUT2D eigenvalue weighted by molar-refractivity contribution is -0.263. The predicted octanol–water partition coefficient (Wildman–Crippen LogP) is 3.23. The van der Waals surface area contributed by atoms with E-state index in [-0.39, 0.29) is 11.6 Å². The van der Waals surface area contributed by atoms with Crippen molar-refractivity contribution in [2.24, 2.45) is 0 Å². The third kappa shape index (κ3) is 2.76. The summed E-state index contributed by atoms with van der Waals surface area (Å²) in [4.78, 5) is 0. The summed E-state index contributed by atoms with van der Waals surface area (Å²) in [6.07, 6.45) is 0. The molecule has 0 saturated carbocycles. The molecule has 19 heavy (non-hydrogen) atoms. The molecule has 2 rings (SSSR count). The van der Waals surface area contributed by atoms with Crippen molar-refractivity contribution in [3.05, 3.63) is 33.3 Å². The number of hydrogen-bond acceptors (Lipinski definition) is 3. The van der Waals surface area contributed by atoms with Crippen molar-refractivity contribution in [1.29, 1.82) is 0 Å². The van der Waals surface area contributed by atoms with Gasteiger partial charge in [-0.2, -0.15) is 0 Å². The van der Waals surface area contributed by atoms with Gasteiger partial charge in [0.05, 0.1) is 22.7 Å². The predicted molar refractivity (Wildman–Crippen MR) is 77.7 cm³/mol. The highest BCUT2D eigenvalue weighted by Gasteiger charge is 2.45. The Bertz CT molecular complexity index is 481. The first-order valence-corrected chi connectivity index (χ1v) is 7.01. The van der Waals surface area contributed by atoms with Crippen molar-refractivity contribution in [2.45, 2.75) is 45.1 Å². The Hall–Kier alpha value is -0.320. The fourth-order valence-corrected chi connectivity index (χ4v) is 2.78. The maximum Gasteiger partial charge on any atom is 0.208 e. The summed E-state index contributed by atoms with van der Waals surface area (Å²) >= 11 is 12.1. The van der Waals surface area contributed by atoms with Gasteiger partial charge in [-0.1, -0.05) is 23.2 Å². The van der Waals surface area contributed by atoms with Gasteiger partial charge in [0, 0.05) is 11.1 Å². The first-order valence-electron chi connectivity index (χ1n) is 6.26. The van der Waals surface area contributed by atoms with Crippen molar-refractivity contribution in [1.82, 2.24) is 5.32 Å². The standard InChI is InChI=1S/C14H19Cl2NO2/c1-8-5-10(6-11(15)12(8)16)14(18)9(2)17-13(3,4)7-19-14/h5-6,9,17-18H,7H2,1-4H3. The Morgan fingerprint density at radius 2 is 2.00 bits per heavy atom. The number of aryl methyl sites for hydroxylation is 1. The molecule has 1 heterocycles. The Balaban J connectivity index is 2.41. The SMILES string of the molecule is Cc1cc(C2(O)OCC(C)(C)NC2C)cc(Cl)c1Cl. The van der Waals surface area contributed by atoms with Crippen LogP contribution in [-0.4, -0.2) is 23.3 Å². The van der Waals surface area contributed by atoms with Crippen molar-refractivity contribution < 1.29 is 9.84 Å². The van der Waals surface area contributed by atoms with E-state index < -0.39 is 5.79 Å².